The Morgan fingerprint density at radius 2 is 2.03 bits per heavy atom. The van der Waals surface area contributed by atoms with Crippen molar-refractivity contribution in [1.29, 1.82) is 0 Å². The summed E-state index contributed by atoms with van der Waals surface area (Å²) in [6, 6.07) is 11.4. The molecule has 10 heteroatoms. The van der Waals surface area contributed by atoms with E-state index in [0.717, 1.165) is 11.3 Å². The Balaban J connectivity index is 1.61. The molecule has 1 atom stereocenters. The molecule has 5 N–H and O–H groups in total. The molecular formula is C22H20ClN5O3S. The number of aliphatic imine (C=N–C) groups is 1. The second-order valence-corrected chi connectivity index (χ2v) is 8.31. The highest BCUT2D eigenvalue weighted by Crippen LogP contribution is 2.36. The van der Waals surface area contributed by atoms with Gasteiger partial charge < -0.3 is 20.9 Å². The molecule has 32 heavy (non-hydrogen) atoms. The van der Waals surface area contributed by atoms with Gasteiger partial charge in [0.05, 0.1) is 18.4 Å². The van der Waals surface area contributed by atoms with Gasteiger partial charge in [0.2, 0.25) is 0 Å². The van der Waals surface area contributed by atoms with Crippen LogP contribution in [0.4, 0.5) is 5.13 Å². The van der Waals surface area contributed by atoms with Crippen molar-refractivity contribution in [3.63, 3.8) is 0 Å². The number of methoxy groups -OCH3 is 1. The minimum atomic E-state index is -0.679. The van der Waals surface area contributed by atoms with Gasteiger partial charge >= 0.3 is 0 Å². The molecular weight excluding hydrogens is 450 g/mol. The average molecular weight is 470 g/mol. The van der Waals surface area contributed by atoms with E-state index in [4.69, 9.17) is 22.1 Å². The molecule has 1 aliphatic heterocycles. The molecule has 164 valence electrons. The molecule has 0 unspecified atom stereocenters. The number of guanidine groups is 1. The lowest BCUT2D eigenvalue weighted by Crippen LogP contribution is -2.38. The first-order valence-electron chi connectivity index (χ1n) is 9.56. The van der Waals surface area contributed by atoms with E-state index in [1.807, 2.05) is 17.5 Å². The molecule has 1 aromatic heterocycles. The number of allylic oxidation sites excluding steroid dienone is 1. The second-order valence-electron chi connectivity index (χ2n) is 7.01. The van der Waals surface area contributed by atoms with Crippen LogP contribution in [0.1, 0.15) is 18.5 Å². The number of aromatic nitrogens is 1. The van der Waals surface area contributed by atoms with Gasteiger partial charge in [0.25, 0.3) is 5.91 Å². The summed E-state index contributed by atoms with van der Waals surface area (Å²) in [7, 11) is 1.45. The lowest BCUT2D eigenvalue weighted by atomic mass is 9.95. The average Bonchev–Trinajstić information content (AvgIpc) is 3.22. The lowest BCUT2D eigenvalue weighted by Gasteiger charge is -2.25. The number of phenols is 1. The molecule has 2 aromatic carbocycles. The Kier molecular flexibility index (Phi) is 6.02. The fraction of sp³-hybridized carbons (Fsp3) is 0.136. The number of thiazole rings is 1. The van der Waals surface area contributed by atoms with Gasteiger partial charge in [-0.25, -0.2) is 9.98 Å². The fourth-order valence-electron chi connectivity index (χ4n) is 3.35. The summed E-state index contributed by atoms with van der Waals surface area (Å²) in [6.45, 7) is 1.75. The largest absolute Gasteiger partial charge is 0.504 e. The van der Waals surface area contributed by atoms with Crippen LogP contribution in [-0.4, -0.2) is 29.1 Å². The zero-order chi connectivity index (χ0) is 22.8. The Morgan fingerprint density at radius 3 is 2.75 bits per heavy atom. The normalized spacial score (nSPS) is 15.7. The fourth-order valence-corrected chi connectivity index (χ4v) is 4.19. The van der Waals surface area contributed by atoms with Crippen molar-refractivity contribution in [3.8, 4) is 22.8 Å². The van der Waals surface area contributed by atoms with Gasteiger partial charge in [-0.05, 0) is 36.8 Å². The van der Waals surface area contributed by atoms with Gasteiger partial charge in [0.1, 0.15) is 6.04 Å². The maximum atomic E-state index is 13.2. The van der Waals surface area contributed by atoms with E-state index in [2.05, 4.69) is 20.6 Å². The first-order chi connectivity index (χ1) is 15.4. The summed E-state index contributed by atoms with van der Waals surface area (Å²) >= 11 is 7.26. The third kappa shape index (κ3) is 4.39. The minimum Gasteiger partial charge on any atom is -0.504 e. The van der Waals surface area contributed by atoms with Crippen molar-refractivity contribution in [1.82, 2.24) is 10.3 Å². The number of nitrogens with one attached hydrogen (secondary N) is 2. The summed E-state index contributed by atoms with van der Waals surface area (Å²) in [4.78, 5) is 22.1. The van der Waals surface area contributed by atoms with Crippen LogP contribution >= 0.6 is 22.9 Å². The van der Waals surface area contributed by atoms with E-state index in [0.29, 0.717) is 27.0 Å². The van der Waals surface area contributed by atoms with E-state index in [1.165, 1.54) is 24.5 Å². The van der Waals surface area contributed by atoms with Crippen molar-refractivity contribution < 1.29 is 14.6 Å². The van der Waals surface area contributed by atoms with Gasteiger partial charge in [0.15, 0.2) is 22.6 Å². The molecule has 0 fully saturated rings. The number of aromatic hydroxyl groups is 1. The van der Waals surface area contributed by atoms with Gasteiger partial charge in [-0.3, -0.25) is 10.1 Å². The molecule has 0 spiro atoms. The van der Waals surface area contributed by atoms with Gasteiger partial charge in [-0.1, -0.05) is 29.8 Å². The number of nitrogens with zero attached hydrogens (tertiary/aromatic N) is 2. The summed E-state index contributed by atoms with van der Waals surface area (Å²) in [5.41, 5.74) is 9.15. The van der Waals surface area contributed by atoms with Crippen molar-refractivity contribution in [2.24, 2.45) is 10.7 Å². The SMILES string of the molecule is COc1cc([C@@H]2N=C(N)NC(C)=C2C(=O)Nc2nc(-c3ccc(Cl)cc3)cs2)ccc1O. The minimum absolute atomic E-state index is 0.00801. The van der Waals surface area contributed by atoms with Gasteiger partial charge in [-0.15, -0.1) is 11.3 Å². The number of hydrogen-bond acceptors (Lipinski definition) is 8. The summed E-state index contributed by atoms with van der Waals surface area (Å²) in [6.07, 6.45) is 0. The highest BCUT2D eigenvalue weighted by Gasteiger charge is 2.30. The zero-order valence-electron chi connectivity index (χ0n) is 17.2. The molecule has 0 bridgehead atoms. The van der Waals surface area contributed by atoms with Crippen molar-refractivity contribution in [3.05, 3.63) is 69.7 Å². The molecule has 8 nitrogen and oxygen atoms in total. The van der Waals surface area contributed by atoms with Gasteiger partial charge in [-0.2, -0.15) is 0 Å². The molecule has 4 rings (SSSR count). The second kappa shape index (κ2) is 8.89. The number of amides is 1. The predicted octanol–water partition coefficient (Wildman–Crippen LogP) is 4.05. The topological polar surface area (TPSA) is 122 Å². The van der Waals surface area contributed by atoms with Crippen LogP contribution in [-0.2, 0) is 4.79 Å². The number of nitrogens with two attached hydrogens (primary N) is 1. The monoisotopic (exact) mass is 469 g/mol. The number of ether oxygens (including phenoxy) is 1. The first-order valence-corrected chi connectivity index (χ1v) is 10.8. The third-order valence-corrected chi connectivity index (χ3v) is 5.90. The van der Waals surface area contributed by atoms with Crippen molar-refractivity contribution >= 4 is 39.9 Å². The quantitative estimate of drug-likeness (QED) is 0.447. The van der Waals surface area contributed by atoms with E-state index in [1.54, 1.807) is 31.2 Å². The Hall–Kier alpha value is -3.56. The number of phenolic OH excluding ortho intramolecular Hbond substituents is 1. The van der Waals surface area contributed by atoms with E-state index in [9.17, 15) is 9.90 Å². The highest BCUT2D eigenvalue weighted by atomic mass is 35.5. The number of carbonyl (C=O) groups is 1. The number of anilines is 1. The molecule has 2 heterocycles. The smallest absolute Gasteiger partial charge is 0.257 e. The van der Waals surface area contributed by atoms with Crippen LogP contribution in [0.2, 0.25) is 5.02 Å². The van der Waals surface area contributed by atoms with Gasteiger partial charge in [0, 0.05) is 21.7 Å². The maximum Gasteiger partial charge on any atom is 0.257 e. The number of carbonyl (C=O) groups excluding carboxylic acids is 1. The van der Waals surface area contributed by atoms with Crippen LogP contribution in [0.15, 0.2) is 64.1 Å². The predicted molar refractivity (Wildman–Crippen MR) is 126 cm³/mol. The number of halogens is 1. The van der Waals surface area contributed by atoms with Crippen LogP contribution < -0.4 is 21.1 Å². The Morgan fingerprint density at radius 1 is 1.28 bits per heavy atom. The van der Waals surface area contributed by atoms with Crippen molar-refractivity contribution in [2.75, 3.05) is 12.4 Å². The zero-order valence-corrected chi connectivity index (χ0v) is 18.8. The van der Waals surface area contributed by atoms with Crippen LogP contribution in [0.5, 0.6) is 11.5 Å². The summed E-state index contributed by atoms with van der Waals surface area (Å²) in [5.74, 6) is 0.0989. The first kappa shape index (κ1) is 21.7. The third-order valence-electron chi connectivity index (χ3n) is 4.89. The molecule has 1 amide bonds. The van der Waals surface area contributed by atoms with E-state index < -0.39 is 6.04 Å². The molecule has 0 saturated carbocycles. The standard InChI is InChI=1S/C22H20ClN5O3S/c1-11-18(19(27-21(24)25-11)13-5-8-16(29)17(9-13)31-2)20(30)28-22-26-15(10-32-22)12-3-6-14(23)7-4-12/h3-10,19,29H,1-2H3,(H3,24,25,27)(H,26,28,30)/t19-/m0/s1. The number of benzene rings is 2. The maximum absolute atomic E-state index is 13.2. The van der Waals surface area contributed by atoms with Crippen LogP contribution in [0, 0.1) is 0 Å². The van der Waals surface area contributed by atoms with Crippen molar-refractivity contribution in [2.45, 2.75) is 13.0 Å². The Labute approximate surface area is 193 Å². The molecule has 0 aliphatic carbocycles. The van der Waals surface area contributed by atoms with Crippen LogP contribution in [0.3, 0.4) is 0 Å². The molecule has 3 aromatic rings. The lowest BCUT2D eigenvalue weighted by molar-refractivity contribution is -0.113. The Bertz CT molecular complexity index is 1240. The molecule has 0 saturated heterocycles. The van der Waals surface area contributed by atoms with E-state index in [-0.39, 0.29) is 23.4 Å². The molecule has 0 radical (unpaired) electrons. The summed E-state index contributed by atoms with van der Waals surface area (Å²) < 4.78 is 5.20. The van der Waals surface area contributed by atoms with E-state index >= 15 is 0 Å². The summed E-state index contributed by atoms with van der Waals surface area (Å²) in [5, 5.41) is 18.6. The van der Waals surface area contributed by atoms with Crippen LogP contribution in [0.25, 0.3) is 11.3 Å². The number of rotatable bonds is 5. The number of hydrogen-bond donors (Lipinski definition) is 4. The molecule has 1 aliphatic rings. The highest BCUT2D eigenvalue weighted by molar-refractivity contribution is 7.14.